The molecule has 0 radical (unpaired) electrons. The molecule has 0 saturated carbocycles. The smallest absolute Gasteiger partial charge is 0.165 e. The normalized spacial score (nSPS) is 11.6. The summed E-state index contributed by atoms with van der Waals surface area (Å²) >= 11 is 1.78. The van der Waals surface area contributed by atoms with E-state index in [2.05, 4.69) is 121 Å². The van der Waals surface area contributed by atoms with Gasteiger partial charge in [0.15, 0.2) is 17.5 Å². The maximum absolute atomic E-state index is 6.75. The van der Waals surface area contributed by atoms with Crippen LogP contribution >= 0.6 is 11.3 Å². The number of para-hydroxylation sites is 1. The van der Waals surface area contributed by atoms with Gasteiger partial charge in [-0.25, -0.2) is 15.0 Å². The van der Waals surface area contributed by atoms with E-state index < -0.39 is 0 Å². The lowest BCUT2D eigenvalue weighted by Crippen LogP contribution is -2.00. The molecule has 0 aliphatic heterocycles. The zero-order chi connectivity index (χ0) is 37.0. The summed E-state index contributed by atoms with van der Waals surface area (Å²) in [6.45, 7) is 0. The van der Waals surface area contributed by atoms with Gasteiger partial charge in [0.2, 0.25) is 0 Å². The molecule has 0 N–H and O–H groups in total. The average Bonchev–Trinajstić information content (AvgIpc) is 3.86. The molecule has 3 aromatic heterocycles. The van der Waals surface area contributed by atoms with Gasteiger partial charge < -0.3 is 4.42 Å². The molecule has 11 rings (SSSR count). The number of benzene rings is 8. The molecule has 8 aromatic carbocycles. The number of thiophene rings is 1. The molecule has 0 bridgehead atoms. The third-order valence-electron chi connectivity index (χ3n) is 10.6. The fraction of sp³-hybridized carbons (Fsp3) is 0. The number of furan rings is 1. The maximum Gasteiger partial charge on any atom is 0.165 e. The second-order valence-corrected chi connectivity index (χ2v) is 15.0. The Morgan fingerprint density at radius 3 is 1.57 bits per heavy atom. The topological polar surface area (TPSA) is 51.8 Å². The van der Waals surface area contributed by atoms with E-state index in [0.29, 0.717) is 17.5 Å². The third kappa shape index (κ3) is 5.40. The predicted molar refractivity (Wildman–Crippen MR) is 233 cm³/mol. The van der Waals surface area contributed by atoms with Crippen molar-refractivity contribution in [2.45, 2.75) is 0 Å². The van der Waals surface area contributed by atoms with Crippen LogP contribution in [-0.4, -0.2) is 15.0 Å². The zero-order valence-electron chi connectivity index (χ0n) is 30.1. The standard InChI is InChI=1S/C51H31N3OS/c1-4-14-32(15-5-1)33-26-28-34(29-27-33)37-30-31-39(46-40-20-10-11-24-43(40)55-47(37)46)38-21-13-25-44-45(38)41-22-12-23-42(48(41)56-44)51-53-49(35-16-6-2-7-17-35)52-50(54-51)36-18-8-3-9-19-36/h1-31H. The summed E-state index contributed by atoms with van der Waals surface area (Å²) in [5.41, 5.74) is 11.5. The van der Waals surface area contributed by atoms with Gasteiger partial charge in [0.1, 0.15) is 11.2 Å². The van der Waals surface area contributed by atoms with Crippen LogP contribution in [0.2, 0.25) is 0 Å². The fourth-order valence-corrected chi connectivity index (χ4v) is 9.17. The van der Waals surface area contributed by atoms with E-state index in [1.807, 2.05) is 66.7 Å². The van der Waals surface area contributed by atoms with Crippen LogP contribution in [0, 0.1) is 0 Å². The Bertz CT molecular complexity index is 3170. The van der Waals surface area contributed by atoms with Crippen LogP contribution in [0.25, 0.3) is 110 Å². The van der Waals surface area contributed by atoms with Crippen LogP contribution in [0.15, 0.2) is 192 Å². The average molecular weight is 734 g/mol. The number of rotatable bonds is 6. The molecule has 0 aliphatic rings. The Hall–Kier alpha value is -7.21. The molecule has 0 atom stereocenters. The van der Waals surface area contributed by atoms with Crippen LogP contribution < -0.4 is 0 Å². The van der Waals surface area contributed by atoms with Gasteiger partial charge in [0.05, 0.1) is 0 Å². The summed E-state index contributed by atoms with van der Waals surface area (Å²) < 4.78 is 9.09. The van der Waals surface area contributed by atoms with Gasteiger partial charge in [-0.15, -0.1) is 11.3 Å². The van der Waals surface area contributed by atoms with Crippen molar-refractivity contribution < 1.29 is 4.42 Å². The molecular formula is C51H31N3OS. The maximum atomic E-state index is 6.75. The lowest BCUT2D eigenvalue weighted by Gasteiger charge is -2.11. The first-order valence-corrected chi connectivity index (χ1v) is 19.5. The number of hydrogen-bond donors (Lipinski definition) is 0. The SMILES string of the molecule is c1ccc(-c2ccc(-c3ccc(-c4cccc5sc6c(-c7nc(-c8ccccc8)nc(-c8ccccc8)n7)cccc6c45)c4c3oc3ccccc34)cc2)cc1. The molecule has 0 aliphatic carbocycles. The second-order valence-electron chi connectivity index (χ2n) is 13.9. The van der Waals surface area contributed by atoms with Crippen molar-refractivity contribution in [1.82, 2.24) is 15.0 Å². The van der Waals surface area contributed by atoms with Crippen LogP contribution in [0.3, 0.4) is 0 Å². The molecule has 11 aromatic rings. The van der Waals surface area contributed by atoms with E-state index in [9.17, 15) is 0 Å². The minimum absolute atomic E-state index is 0.650. The molecule has 4 nitrogen and oxygen atoms in total. The van der Waals surface area contributed by atoms with Crippen LogP contribution in [0.4, 0.5) is 0 Å². The molecule has 5 heteroatoms. The summed E-state index contributed by atoms with van der Waals surface area (Å²) in [6.07, 6.45) is 0. The monoisotopic (exact) mass is 733 g/mol. The van der Waals surface area contributed by atoms with Crippen LogP contribution in [-0.2, 0) is 0 Å². The number of aromatic nitrogens is 3. The van der Waals surface area contributed by atoms with Crippen molar-refractivity contribution in [3.05, 3.63) is 188 Å². The first kappa shape index (κ1) is 32.2. The number of fused-ring (bicyclic) bond motifs is 6. The van der Waals surface area contributed by atoms with E-state index in [4.69, 9.17) is 19.4 Å². The van der Waals surface area contributed by atoms with Gasteiger partial charge in [0, 0.05) is 53.2 Å². The number of nitrogens with zero attached hydrogens (tertiary/aromatic N) is 3. The molecule has 3 heterocycles. The molecule has 0 saturated heterocycles. The third-order valence-corrected chi connectivity index (χ3v) is 11.8. The minimum atomic E-state index is 0.650. The van der Waals surface area contributed by atoms with Crippen LogP contribution in [0.5, 0.6) is 0 Å². The van der Waals surface area contributed by atoms with E-state index in [0.717, 1.165) is 60.0 Å². The van der Waals surface area contributed by atoms with E-state index in [1.165, 1.54) is 32.2 Å². The first-order valence-electron chi connectivity index (χ1n) is 18.7. The summed E-state index contributed by atoms with van der Waals surface area (Å²) in [6, 6.07) is 65.6. The highest BCUT2D eigenvalue weighted by molar-refractivity contribution is 7.26. The molecule has 262 valence electrons. The fourth-order valence-electron chi connectivity index (χ4n) is 7.93. The highest BCUT2D eigenvalue weighted by Crippen LogP contribution is 2.48. The second kappa shape index (κ2) is 13.3. The molecule has 56 heavy (non-hydrogen) atoms. The van der Waals surface area contributed by atoms with Gasteiger partial charge in [-0.2, -0.15) is 0 Å². The summed E-state index contributed by atoms with van der Waals surface area (Å²) in [5, 5.41) is 4.60. The van der Waals surface area contributed by atoms with Crippen molar-refractivity contribution in [3.63, 3.8) is 0 Å². The van der Waals surface area contributed by atoms with Crippen molar-refractivity contribution in [3.8, 4) is 67.5 Å². The van der Waals surface area contributed by atoms with E-state index in [1.54, 1.807) is 11.3 Å². The van der Waals surface area contributed by atoms with Crippen LogP contribution in [0.1, 0.15) is 0 Å². The summed E-state index contributed by atoms with van der Waals surface area (Å²) in [7, 11) is 0. The lowest BCUT2D eigenvalue weighted by molar-refractivity contribution is 0.670. The van der Waals surface area contributed by atoms with Crippen molar-refractivity contribution in [1.29, 1.82) is 0 Å². The Morgan fingerprint density at radius 2 is 0.857 bits per heavy atom. The highest BCUT2D eigenvalue weighted by Gasteiger charge is 2.22. The summed E-state index contributed by atoms with van der Waals surface area (Å²) in [5.74, 6) is 1.96. The first-order chi connectivity index (χ1) is 27.8. The van der Waals surface area contributed by atoms with Gasteiger partial charge in [-0.1, -0.05) is 164 Å². The molecule has 0 fully saturated rings. The quantitative estimate of drug-likeness (QED) is 0.171. The molecule has 0 amide bonds. The van der Waals surface area contributed by atoms with Crippen molar-refractivity contribution >= 4 is 53.4 Å². The predicted octanol–water partition coefficient (Wildman–Crippen LogP) is 14.1. The van der Waals surface area contributed by atoms with Crippen molar-refractivity contribution in [2.75, 3.05) is 0 Å². The van der Waals surface area contributed by atoms with E-state index >= 15 is 0 Å². The van der Waals surface area contributed by atoms with Gasteiger partial charge >= 0.3 is 0 Å². The summed E-state index contributed by atoms with van der Waals surface area (Å²) in [4.78, 5) is 15.1. The Morgan fingerprint density at radius 1 is 0.339 bits per heavy atom. The van der Waals surface area contributed by atoms with Gasteiger partial charge in [-0.3, -0.25) is 0 Å². The van der Waals surface area contributed by atoms with E-state index in [-0.39, 0.29) is 0 Å². The Balaban J connectivity index is 1.10. The Kier molecular flexibility index (Phi) is 7.64. The lowest BCUT2D eigenvalue weighted by atomic mass is 9.92. The molecule has 0 unspecified atom stereocenters. The minimum Gasteiger partial charge on any atom is -0.455 e. The zero-order valence-corrected chi connectivity index (χ0v) is 30.9. The van der Waals surface area contributed by atoms with Gasteiger partial charge in [0.25, 0.3) is 0 Å². The highest BCUT2D eigenvalue weighted by atomic mass is 32.1. The number of hydrogen-bond acceptors (Lipinski definition) is 5. The Labute approximate surface area is 327 Å². The van der Waals surface area contributed by atoms with Crippen molar-refractivity contribution in [2.24, 2.45) is 0 Å². The molecule has 0 spiro atoms. The largest absolute Gasteiger partial charge is 0.455 e. The molecular weight excluding hydrogens is 703 g/mol. The van der Waals surface area contributed by atoms with Gasteiger partial charge in [-0.05, 0) is 52.1 Å².